The predicted octanol–water partition coefficient (Wildman–Crippen LogP) is 3.47. The Morgan fingerprint density at radius 3 is 2.75 bits per heavy atom. The Kier molecular flexibility index (Phi) is 5.06. The van der Waals surface area contributed by atoms with Crippen LogP contribution in [0.2, 0.25) is 0 Å². The SMILES string of the molecule is CCC1(CC)CNCC(c2cc(C)ccc2OC)OC1. The third kappa shape index (κ3) is 3.15. The molecule has 0 amide bonds. The largest absolute Gasteiger partial charge is 0.496 e. The maximum absolute atomic E-state index is 6.24. The topological polar surface area (TPSA) is 30.5 Å². The maximum Gasteiger partial charge on any atom is 0.124 e. The van der Waals surface area contributed by atoms with Crippen molar-refractivity contribution in [3.8, 4) is 5.75 Å². The molecule has 1 N–H and O–H groups in total. The van der Waals surface area contributed by atoms with Crippen molar-refractivity contribution in [3.05, 3.63) is 29.3 Å². The van der Waals surface area contributed by atoms with Gasteiger partial charge < -0.3 is 14.8 Å². The van der Waals surface area contributed by atoms with Crippen molar-refractivity contribution < 1.29 is 9.47 Å². The van der Waals surface area contributed by atoms with Crippen LogP contribution in [0.4, 0.5) is 0 Å². The van der Waals surface area contributed by atoms with Crippen LogP contribution >= 0.6 is 0 Å². The quantitative estimate of drug-likeness (QED) is 0.914. The third-order valence-electron chi connectivity index (χ3n) is 4.65. The minimum Gasteiger partial charge on any atom is -0.496 e. The Balaban J connectivity index is 2.20. The van der Waals surface area contributed by atoms with E-state index in [1.807, 2.05) is 6.07 Å². The summed E-state index contributed by atoms with van der Waals surface area (Å²) in [4.78, 5) is 0. The lowest BCUT2D eigenvalue weighted by Crippen LogP contribution is -2.34. The van der Waals surface area contributed by atoms with Gasteiger partial charge in [0.2, 0.25) is 0 Å². The van der Waals surface area contributed by atoms with Crippen LogP contribution < -0.4 is 10.1 Å². The molecule has 20 heavy (non-hydrogen) atoms. The van der Waals surface area contributed by atoms with Gasteiger partial charge in [0.25, 0.3) is 0 Å². The van der Waals surface area contributed by atoms with Crippen molar-refractivity contribution in [2.24, 2.45) is 5.41 Å². The molecule has 0 saturated carbocycles. The van der Waals surface area contributed by atoms with Gasteiger partial charge in [-0.15, -0.1) is 0 Å². The lowest BCUT2D eigenvalue weighted by Gasteiger charge is -2.29. The van der Waals surface area contributed by atoms with Crippen molar-refractivity contribution in [1.29, 1.82) is 0 Å². The van der Waals surface area contributed by atoms with Gasteiger partial charge in [-0.05, 0) is 31.9 Å². The van der Waals surface area contributed by atoms with E-state index in [4.69, 9.17) is 9.47 Å². The van der Waals surface area contributed by atoms with Gasteiger partial charge in [-0.25, -0.2) is 0 Å². The number of aryl methyl sites for hydroxylation is 1. The van der Waals surface area contributed by atoms with E-state index < -0.39 is 0 Å². The lowest BCUT2D eigenvalue weighted by molar-refractivity contribution is 0.00927. The van der Waals surface area contributed by atoms with Gasteiger partial charge >= 0.3 is 0 Å². The molecule has 1 heterocycles. The summed E-state index contributed by atoms with van der Waals surface area (Å²) in [5.74, 6) is 0.919. The Bertz CT molecular complexity index is 441. The van der Waals surface area contributed by atoms with Crippen LogP contribution in [0.5, 0.6) is 5.75 Å². The molecule has 112 valence electrons. The van der Waals surface area contributed by atoms with E-state index in [2.05, 4.69) is 38.2 Å². The number of hydrogen-bond donors (Lipinski definition) is 1. The molecule has 0 aromatic heterocycles. The fourth-order valence-electron chi connectivity index (χ4n) is 2.87. The highest BCUT2D eigenvalue weighted by Crippen LogP contribution is 2.34. The molecular weight excluding hydrogens is 250 g/mol. The molecule has 1 aliphatic heterocycles. The van der Waals surface area contributed by atoms with Crippen molar-refractivity contribution in [2.75, 3.05) is 26.8 Å². The molecule has 1 aromatic carbocycles. The fourth-order valence-corrected chi connectivity index (χ4v) is 2.87. The van der Waals surface area contributed by atoms with Crippen LogP contribution in [0.1, 0.15) is 43.9 Å². The summed E-state index contributed by atoms with van der Waals surface area (Å²) in [5.41, 5.74) is 2.67. The van der Waals surface area contributed by atoms with Gasteiger partial charge in [-0.1, -0.05) is 25.5 Å². The minimum atomic E-state index is 0.0739. The summed E-state index contributed by atoms with van der Waals surface area (Å²) in [6.07, 6.45) is 2.37. The van der Waals surface area contributed by atoms with E-state index in [-0.39, 0.29) is 11.5 Å². The molecule has 1 aromatic rings. The summed E-state index contributed by atoms with van der Waals surface area (Å²) < 4.78 is 11.7. The predicted molar refractivity (Wildman–Crippen MR) is 82.3 cm³/mol. The zero-order chi connectivity index (χ0) is 14.6. The number of nitrogens with one attached hydrogen (secondary N) is 1. The molecule has 3 heteroatoms. The molecule has 1 fully saturated rings. The summed E-state index contributed by atoms with van der Waals surface area (Å²) in [5, 5.41) is 3.58. The molecule has 1 unspecified atom stereocenters. The number of rotatable bonds is 4. The van der Waals surface area contributed by atoms with Crippen LogP contribution in [-0.4, -0.2) is 26.8 Å². The molecule has 3 nitrogen and oxygen atoms in total. The van der Waals surface area contributed by atoms with Gasteiger partial charge in [0.05, 0.1) is 19.8 Å². The first-order valence-electron chi connectivity index (χ1n) is 7.61. The Morgan fingerprint density at radius 2 is 2.10 bits per heavy atom. The zero-order valence-corrected chi connectivity index (χ0v) is 13.2. The molecule has 1 saturated heterocycles. The van der Waals surface area contributed by atoms with E-state index in [0.29, 0.717) is 0 Å². The smallest absolute Gasteiger partial charge is 0.124 e. The van der Waals surface area contributed by atoms with Crippen molar-refractivity contribution in [1.82, 2.24) is 5.32 Å². The summed E-state index contributed by atoms with van der Waals surface area (Å²) in [6, 6.07) is 6.29. The first kappa shape index (κ1) is 15.3. The maximum atomic E-state index is 6.24. The second-order valence-corrected chi connectivity index (χ2v) is 5.88. The monoisotopic (exact) mass is 277 g/mol. The van der Waals surface area contributed by atoms with Crippen molar-refractivity contribution >= 4 is 0 Å². The minimum absolute atomic E-state index is 0.0739. The highest BCUT2D eigenvalue weighted by molar-refractivity contribution is 5.38. The van der Waals surface area contributed by atoms with Crippen LogP contribution in [-0.2, 0) is 4.74 Å². The first-order valence-corrected chi connectivity index (χ1v) is 7.61. The molecule has 1 aliphatic rings. The summed E-state index contributed by atoms with van der Waals surface area (Å²) in [6.45, 7) is 9.31. The van der Waals surface area contributed by atoms with Gasteiger partial charge in [-0.2, -0.15) is 0 Å². The second kappa shape index (κ2) is 6.59. The van der Waals surface area contributed by atoms with E-state index in [9.17, 15) is 0 Å². The Hall–Kier alpha value is -1.06. The van der Waals surface area contributed by atoms with E-state index >= 15 is 0 Å². The average Bonchev–Trinajstić information content (AvgIpc) is 2.70. The van der Waals surface area contributed by atoms with Crippen molar-refractivity contribution in [2.45, 2.75) is 39.7 Å². The van der Waals surface area contributed by atoms with E-state index in [1.165, 1.54) is 5.56 Å². The standard InChI is InChI=1S/C17H27NO2/c1-5-17(6-2)11-18-10-16(20-12-17)14-9-13(3)7-8-15(14)19-4/h7-9,16,18H,5-6,10-12H2,1-4H3. The van der Waals surface area contributed by atoms with Gasteiger partial charge in [0.15, 0.2) is 0 Å². The van der Waals surface area contributed by atoms with Gasteiger partial charge in [0.1, 0.15) is 5.75 Å². The summed E-state index contributed by atoms with van der Waals surface area (Å²) in [7, 11) is 1.72. The number of hydrogen-bond acceptors (Lipinski definition) is 3. The molecular formula is C17H27NO2. The molecule has 0 aliphatic carbocycles. The van der Waals surface area contributed by atoms with Crippen molar-refractivity contribution in [3.63, 3.8) is 0 Å². The molecule has 0 bridgehead atoms. The molecule has 2 rings (SSSR count). The van der Waals surface area contributed by atoms with Crippen LogP contribution in [0.3, 0.4) is 0 Å². The molecule has 0 spiro atoms. The van der Waals surface area contributed by atoms with E-state index in [0.717, 1.165) is 43.9 Å². The fraction of sp³-hybridized carbons (Fsp3) is 0.647. The average molecular weight is 277 g/mol. The third-order valence-corrected chi connectivity index (χ3v) is 4.65. The number of ether oxygens (including phenoxy) is 2. The normalized spacial score (nSPS) is 22.3. The Labute approximate surface area is 122 Å². The van der Waals surface area contributed by atoms with Crippen LogP contribution in [0.25, 0.3) is 0 Å². The molecule has 1 atom stereocenters. The van der Waals surface area contributed by atoms with Gasteiger partial charge in [0, 0.05) is 24.1 Å². The van der Waals surface area contributed by atoms with Gasteiger partial charge in [-0.3, -0.25) is 0 Å². The zero-order valence-electron chi connectivity index (χ0n) is 13.2. The van der Waals surface area contributed by atoms with E-state index in [1.54, 1.807) is 7.11 Å². The Morgan fingerprint density at radius 1 is 1.35 bits per heavy atom. The highest BCUT2D eigenvalue weighted by Gasteiger charge is 2.31. The second-order valence-electron chi connectivity index (χ2n) is 5.88. The van der Waals surface area contributed by atoms with Crippen LogP contribution in [0.15, 0.2) is 18.2 Å². The highest BCUT2D eigenvalue weighted by atomic mass is 16.5. The molecule has 0 radical (unpaired) electrons. The first-order chi connectivity index (χ1) is 9.64. The number of benzene rings is 1. The summed E-state index contributed by atoms with van der Waals surface area (Å²) >= 11 is 0. The van der Waals surface area contributed by atoms with Crippen LogP contribution in [0, 0.1) is 12.3 Å². The lowest BCUT2D eigenvalue weighted by atomic mass is 9.83. The number of methoxy groups -OCH3 is 1.